The van der Waals surface area contributed by atoms with Crippen LogP contribution in [0.1, 0.15) is 57.2 Å². The molecule has 0 saturated carbocycles. The molecule has 0 bridgehead atoms. The van der Waals surface area contributed by atoms with E-state index in [1.54, 1.807) is 12.3 Å². The van der Waals surface area contributed by atoms with Gasteiger partial charge in [0.25, 0.3) is 0 Å². The van der Waals surface area contributed by atoms with Crippen molar-refractivity contribution in [3.05, 3.63) is 29.7 Å². The number of rotatable bonds is 4. The van der Waals surface area contributed by atoms with Crippen LogP contribution in [0.5, 0.6) is 0 Å². The minimum atomic E-state index is 0.273. The van der Waals surface area contributed by atoms with Crippen LogP contribution in [-0.4, -0.2) is 51.9 Å². The lowest BCUT2D eigenvalue weighted by Crippen LogP contribution is -2.35. The predicted molar refractivity (Wildman–Crippen MR) is 103 cm³/mol. The number of nitrogen functional groups attached to an aromatic ring is 1. The molecule has 0 spiro atoms. The van der Waals surface area contributed by atoms with Crippen molar-refractivity contribution in [2.45, 2.75) is 64.0 Å². The van der Waals surface area contributed by atoms with Crippen LogP contribution < -0.4 is 5.73 Å². The van der Waals surface area contributed by atoms with Crippen molar-refractivity contribution in [2.24, 2.45) is 0 Å². The summed E-state index contributed by atoms with van der Waals surface area (Å²) in [6.45, 7) is 2.40. The molecular formula is C20H31N5O. The average Bonchev–Trinajstić information content (AvgIpc) is 3.04. The molecule has 1 amide bonds. The first-order valence-electron chi connectivity index (χ1n) is 9.89. The molecule has 0 radical (unpaired) electrons. The molecule has 1 fully saturated rings. The molecule has 2 aliphatic rings. The van der Waals surface area contributed by atoms with Crippen LogP contribution in [0.4, 0.5) is 5.82 Å². The lowest BCUT2D eigenvalue weighted by atomic mass is 10.1. The third kappa shape index (κ3) is 5.04. The summed E-state index contributed by atoms with van der Waals surface area (Å²) in [4.78, 5) is 25.8. The number of hydrogen-bond donors (Lipinski definition) is 1. The highest BCUT2D eigenvalue weighted by Gasteiger charge is 2.25. The summed E-state index contributed by atoms with van der Waals surface area (Å²) in [5.74, 6) is 1.54. The fourth-order valence-electron chi connectivity index (χ4n) is 3.98. The monoisotopic (exact) mass is 357 g/mol. The van der Waals surface area contributed by atoms with E-state index in [1.165, 1.54) is 12.8 Å². The predicted octanol–water partition coefficient (Wildman–Crippen LogP) is 2.76. The Labute approximate surface area is 156 Å². The van der Waals surface area contributed by atoms with Crippen molar-refractivity contribution in [3.63, 3.8) is 0 Å². The number of amides is 1. The van der Waals surface area contributed by atoms with Gasteiger partial charge in [0, 0.05) is 30.9 Å². The molecule has 142 valence electrons. The fraction of sp³-hybridized carbons (Fsp3) is 0.650. The van der Waals surface area contributed by atoms with Crippen LogP contribution >= 0.6 is 0 Å². The third-order valence-electron chi connectivity index (χ3n) is 5.54. The second kappa shape index (κ2) is 9.12. The molecule has 2 N–H and O–H groups in total. The van der Waals surface area contributed by atoms with E-state index < -0.39 is 0 Å². The maximum Gasteiger partial charge on any atom is 0.249 e. The number of hydrogen-bond acceptors (Lipinski definition) is 5. The number of carbonyl (C=O) groups excluding carboxylic acids is 1. The molecule has 1 atom stereocenters. The van der Waals surface area contributed by atoms with Crippen molar-refractivity contribution in [3.8, 4) is 0 Å². The minimum absolute atomic E-state index is 0.273. The Morgan fingerprint density at radius 3 is 3.00 bits per heavy atom. The van der Waals surface area contributed by atoms with Gasteiger partial charge in [0.1, 0.15) is 11.6 Å². The van der Waals surface area contributed by atoms with Crippen LogP contribution in [0.15, 0.2) is 23.9 Å². The average molecular weight is 358 g/mol. The van der Waals surface area contributed by atoms with E-state index in [0.717, 1.165) is 63.0 Å². The number of aromatic nitrogens is 2. The first-order chi connectivity index (χ1) is 12.6. The zero-order valence-electron chi connectivity index (χ0n) is 15.9. The van der Waals surface area contributed by atoms with E-state index in [2.05, 4.69) is 32.9 Å². The quantitative estimate of drug-likeness (QED) is 0.897. The van der Waals surface area contributed by atoms with Crippen molar-refractivity contribution < 1.29 is 4.79 Å². The number of allylic oxidation sites excluding steroid dienone is 1. The van der Waals surface area contributed by atoms with Crippen LogP contribution in [-0.2, 0) is 11.3 Å². The summed E-state index contributed by atoms with van der Waals surface area (Å²) in [7, 11) is 2.11. The summed E-state index contributed by atoms with van der Waals surface area (Å²) >= 11 is 0. The van der Waals surface area contributed by atoms with E-state index in [0.29, 0.717) is 18.4 Å². The number of nitrogens with zero attached hydrogens (tertiary/aromatic N) is 4. The molecule has 1 aromatic heterocycles. The van der Waals surface area contributed by atoms with Gasteiger partial charge in [0.05, 0.1) is 6.54 Å². The zero-order valence-corrected chi connectivity index (χ0v) is 15.9. The van der Waals surface area contributed by atoms with Crippen molar-refractivity contribution in [1.29, 1.82) is 0 Å². The lowest BCUT2D eigenvalue weighted by Gasteiger charge is -2.27. The maximum absolute atomic E-state index is 12.9. The van der Waals surface area contributed by atoms with Crippen LogP contribution in [0, 0.1) is 0 Å². The second-order valence-electron chi connectivity index (χ2n) is 7.52. The van der Waals surface area contributed by atoms with Crippen LogP contribution in [0.2, 0.25) is 0 Å². The van der Waals surface area contributed by atoms with Crippen molar-refractivity contribution in [1.82, 2.24) is 19.8 Å². The van der Waals surface area contributed by atoms with Gasteiger partial charge in [-0.05, 0) is 58.1 Å². The molecule has 1 aliphatic heterocycles. The largest absolute Gasteiger partial charge is 0.384 e. The van der Waals surface area contributed by atoms with Crippen molar-refractivity contribution in [2.75, 3.05) is 25.9 Å². The molecule has 1 aliphatic carbocycles. The Morgan fingerprint density at radius 1 is 1.27 bits per heavy atom. The molecule has 3 rings (SSSR count). The van der Waals surface area contributed by atoms with E-state index in [-0.39, 0.29) is 5.91 Å². The molecule has 6 nitrogen and oxygen atoms in total. The van der Waals surface area contributed by atoms with Gasteiger partial charge in [0.2, 0.25) is 5.91 Å². The summed E-state index contributed by atoms with van der Waals surface area (Å²) < 4.78 is 0. The lowest BCUT2D eigenvalue weighted by molar-refractivity contribution is -0.127. The van der Waals surface area contributed by atoms with E-state index in [9.17, 15) is 4.79 Å². The van der Waals surface area contributed by atoms with Crippen molar-refractivity contribution >= 4 is 11.7 Å². The normalized spacial score (nSPS) is 21.8. The molecular weight excluding hydrogens is 326 g/mol. The molecule has 1 aromatic rings. The van der Waals surface area contributed by atoms with Gasteiger partial charge < -0.3 is 10.6 Å². The summed E-state index contributed by atoms with van der Waals surface area (Å²) in [5.41, 5.74) is 6.80. The fourth-order valence-corrected chi connectivity index (χ4v) is 3.98. The van der Waals surface area contributed by atoms with Gasteiger partial charge in [0.15, 0.2) is 0 Å². The Kier molecular flexibility index (Phi) is 6.61. The molecule has 0 unspecified atom stereocenters. The topological polar surface area (TPSA) is 75.4 Å². The number of likely N-dealkylation sites (tertiary alicyclic amines) is 1. The minimum Gasteiger partial charge on any atom is -0.384 e. The number of nitrogens with two attached hydrogens (primary N) is 1. The number of carbonyl (C=O) groups is 1. The second-order valence-corrected chi connectivity index (χ2v) is 7.52. The van der Waals surface area contributed by atoms with E-state index >= 15 is 0 Å². The Hall–Kier alpha value is -1.95. The standard InChI is InChI=1S/C20H31N5O/c1-24(15-19-22-12-10-18(21)23-19)17-9-6-13-25(14-11-17)20(26)16-7-4-2-3-5-8-16/h7,10,12,17H,2-6,8-9,11,13-15H2,1H3,(H2,21,22,23)/t17-/m1/s1. The summed E-state index contributed by atoms with van der Waals surface area (Å²) in [6, 6.07) is 2.15. The highest BCUT2D eigenvalue weighted by molar-refractivity contribution is 5.93. The number of anilines is 1. The maximum atomic E-state index is 12.9. The highest BCUT2D eigenvalue weighted by atomic mass is 16.2. The van der Waals surface area contributed by atoms with Gasteiger partial charge in [-0.2, -0.15) is 0 Å². The molecule has 0 aromatic carbocycles. The summed E-state index contributed by atoms with van der Waals surface area (Å²) in [6.07, 6.45) is 12.6. The SMILES string of the molecule is CN(Cc1nccc(N)n1)[C@@H]1CCCN(C(=O)C2=CCCCCC2)CC1. The van der Waals surface area contributed by atoms with E-state index in [1.807, 2.05) is 0 Å². The van der Waals surface area contributed by atoms with Crippen LogP contribution in [0.25, 0.3) is 0 Å². The Morgan fingerprint density at radius 2 is 2.15 bits per heavy atom. The molecule has 6 heteroatoms. The molecule has 1 saturated heterocycles. The van der Waals surface area contributed by atoms with E-state index in [4.69, 9.17) is 5.73 Å². The summed E-state index contributed by atoms with van der Waals surface area (Å²) in [5, 5.41) is 0. The molecule has 26 heavy (non-hydrogen) atoms. The van der Waals surface area contributed by atoms with Gasteiger partial charge in [-0.25, -0.2) is 9.97 Å². The Balaban J connectivity index is 1.55. The van der Waals surface area contributed by atoms with Gasteiger partial charge in [-0.15, -0.1) is 0 Å². The van der Waals surface area contributed by atoms with Gasteiger partial charge in [-0.3, -0.25) is 9.69 Å². The first kappa shape index (κ1) is 18.8. The Bertz CT molecular complexity index is 645. The van der Waals surface area contributed by atoms with Gasteiger partial charge >= 0.3 is 0 Å². The van der Waals surface area contributed by atoms with Gasteiger partial charge in [-0.1, -0.05) is 12.5 Å². The highest BCUT2D eigenvalue weighted by Crippen LogP contribution is 2.22. The third-order valence-corrected chi connectivity index (χ3v) is 5.54. The van der Waals surface area contributed by atoms with Crippen LogP contribution in [0.3, 0.4) is 0 Å². The molecule has 2 heterocycles. The smallest absolute Gasteiger partial charge is 0.249 e. The zero-order chi connectivity index (χ0) is 18.4. The first-order valence-corrected chi connectivity index (χ1v) is 9.89.